The minimum Gasteiger partial charge on any atom is -0.323 e. The number of fused-ring (bicyclic) bond motifs is 1. The first-order valence-electron chi connectivity index (χ1n) is 9.11. The van der Waals surface area contributed by atoms with Gasteiger partial charge < -0.3 is 5.32 Å². The van der Waals surface area contributed by atoms with Crippen molar-refractivity contribution in [3.63, 3.8) is 0 Å². The van der Waals surface area contributed by atoms with Crippen molar-refractivity contribution in [2.24, 2.45) is 0 Å². The van der Waals surface area contributed by atoms with Crippen molar-refractivity contribution in [1.82, 2.24) is 4.98 Å². The summed E-state index contributed by atoms with van der Waals surface area (Å²) in [5, 5.41) is 3.66. The molecule has 0 aliphatic rings. The molecule has 0 bridgehead atoms. The summed E-state index contributed by atoms with van der Waals surface area (Å²) in [5.74, 6) is -0.727. The van der Waals surface area contributed by atoms with Gasteiger partial charge in [0.1, 0.15) is 5.82 Å². The maximum absolute atomic E-state index is 13.9. The standard InChI is InChI=1S/C24H19FN2O/c1-16-19(15-23(28)27-22-14-8-6-12-20(22)25)24(17-9-3-2-4-10-17)18-11-5-7-13-21(18)26-16/h2-14H,15H2,1H3,(H,27,28). The summed E-state index contributed by atoms with van der Waals surface area (Å²) in [6.07, 6.45) is 0.113. The summed E-state index contributed by atoms with van der Waals surface area (Å²) < 4.78 is 13.9. The lowest BCUT2D eigenvalue weighted by molar-refractivity contribution is -0.115. The first kappa shape index (κ1) is 17.9. The van der Waals surface area contributed by atoms with E-state index in [1.807, 2.05) is 61.5 Å². The Kier molecular flexibility index (Phi) is 4.85. The van der Waals surface area contributed by atoms with Crippen molar-refractivity contribution in [3.05, 3.63) is 95.9 Å². The van der Waals surface area contributed by atoms with Crippen molar-refractivity contribution in [2.45, 2.75) is 13.3 Å². The van der Waals surface area contributed by atoms with Gasteiger partial charge in [-0.2, -0.15) is 0 Å². The first-order valence-corrected chi connectivity index (χ1v) is 9.11. The van der Waals surface area contributed by atoms with Gasteiger partial charge in [-0.05, 0) is 41.8 Å². The molecule has 0 unspecified atom stereocenters. The van der Waals surface area contributed by atoms with Crippen LogP contribution in [0.5, 0.6) is 0 Å². The molecule has 3 nitrogen and oxygen atoms in total. The summed E-state index contributed by atoms with van der Waals surface area (Å²) in [5.41, 5.74) is 4.72. The van der Waals surface area contributed by atoms with Gasteiger partial charge in [-0.15, -0.1) is 0 Å². The lowest BCUT2D eigenvalue weighted by Gasteiger charge is -2.16. The Hall–Kier alpha value is -3.53. The molecule has 3 aromatic carbocycles. The fraction of sp³-hybridized carbons (Fsp3) is 0.0833. The number of benzene rings is 3. The molecule has 0 spiro atoms. The van der Waals surface area contributed by atoms with Crippen LogP contribution >= 0.6 is 0 Å². The molecule has 138 valence electrons. The van der Waals surface area contributed by atoms with Crippen LogP contribution in [0.2, 0.25) is 0 Å². The van der Waals surface area contributed by atoms with Crippen LogP contribution in [0.3, 0.4) is 0 Å². The zero-order valence-corrected chi connectivity index (χ0v) is 15.4. The summed E-state index contributed by atoms with van der Waals surface area (Å²) in [7, 11) is 0. The minimum absolute atomic E-state index is 0.113. The van der Waals surface area contributed by atoms with Gasteiger partial charge in [0.2, 0.25) is 5.91 Å². The number of nitrogens with zero attached hydrogens (tertiary/aromatic N) is 1. The molecule has 0 fully saturated rings. The second-order valence-electron chi connectivity index (χ2n) is 6.64. The summed E-state index contributed by atoms with van der Waals surface area (Å²) in [4.78, 5) is 17.4. The fourth-order valence-electron chi connectivity index (χ4n) is 3.44. The van der Waals surface area contributed by atoms with E-state index >= 15 is 0 Å². The number of halogens is 1. The molecule has 1 amide bonds. The van der Waals surface area contributed by atoms with Crippen LogP contribution in [0, 0.1) is 12.7 Å². The van der Waals surface area contributed by atoms with Crippen LogP contribution in [-0.2, 0) is 11.2 Å². The largest absolute Gasteiger partial charge is 0.323 e. The molecule has 1 N–H and O–H groups in total. The number of aryl methyl sites for hydroxylation is 1. The monoisotopic (exact) mass is 370 g/mol. The first-order chi connectivity index (χ1) is 13.6. The zero-order valence-electron chi connectivity index (χ0n) is 15.4. The Labute approximate surface area is 162 Å². The Morgan fingerprint density at radius 2 is 1.61 bits per heavy atom. The number of rotatable bonds is 4. The third kappa shape index (κ3) is 3.49. The van der Waals surface area contributed by atoms with Gasteiger partial charge >= 0.3 is 0 Å². The molecule has 0 radical (unpaired) electrons. The van der Waals surface area contributed by atoms with Crippen molar-refractivity contribution >= 4 is 22.5 Å². The number of anilines is 1. The van der Waals surface area contributed by atoms with Crippen molar-refractivity contribution < 1.29 is 9.18 Å². The molecule has 0 saturated heterocycles. The van der Waals surface area contributed by atoms with E-state index in [2.05, 4.69) is 10.3 Å². The maximum atomic E-state index is 13.9. The molecule has 1 aromatic heterocycles. The number of hydrogen-bond acceptors (Lipinski definition) is 2. The van der Waals surface area contributed by atoms with E-state index in [-0.39, 0.29) is 18.0 Å². The normalized spacial score (nSPS) is 10.8. The summed E-state index contributed by atoms with van der Waals surface area (Å²) >= 11 is 0. The van der Waals surface area contributed by atoms with Crippen LogP contribution in [-0.4, -0.2) is 10.9 Å². The van der Waals surface area contributed by atoms with E-state index in [1.165, 1.54) is 6.07 Å². The lowest BCUT2D eigenvalue weighted by Crippen LogP contribution is -2.17. The SMILES string of the molecule is Cc1nc2ccccc2c(-c2ccccc2)c1CC(=O)Nc1ccccc1F. The second-order valence-corrected chi connectivity index (χ2v) is 6.64. The van der Waals surface area contributed by atoms with Crippen molar-refractivity contribution in [2.75, 3.05) is 5.32 Å². The van der Waals surface area contributed by atoms with Gasteiger partial charge in [0.25, 0.3) is 0 Å². The smallest absolute Gasteiger partial charge is 0.228 e. The highest BCUT2D eigenvalue weighted by Gasteiger charge is 2.17. The quantitative estimate of drug-likeness (QED) is 0.513. The van der Waals surface area contributed by atoms with Crippen LogP contribution in [0.4, 0.5) is 10.1 Å². The number of carbonyl (C=O) groups excluding carboxylic acids is 1. The molecule has 4 aromatic rings. The molecular weight excluding hydrogens is 351 g/mol. The van der Waals surface area contributed by atoms with Gasteiger partial charge in [-0.3, -0.25) is 9.78 Å². The second kappa shape index (κ2) is 7.61. The Morgan fingerprint density at radius 3 is 2.39 bits per heavy atom. The number of aromatic nitrogens is 1. The van der Waals surface area contributed by atoms with E-state index in [1.54, 1.807) is 18.2 Å². The highest BCUT2D eigenvalue weighted by Crippen LogP contribution is 2.33. The van der Waals surface area contributed by atoms with Crippen LogP contribution < -0.4 is 5.32 Å². The highest BCUT2D eigenvalue weighted by atomic mass is 19.1. The van der Waals surface area contributed by atoms with E-state index in [0.29, 0.717) is 0 Å². The molecule has 0 saturated carbocycles. The lowest BCUT2D eigenvalue weighted by atomic mass is 9.92. The van der Waals surface area contributed by atoms with Gasteiger partial charge in [0.05, 0.1) is 17.6 Å². The van der Waals surface area contributed by atoms with Gasteiger partial charge in [-0.25, -0.2) is 4.39 Å². The molecule has 0 aliphatic carbocycles. The number of carbonyl (C=O) groups is 1. The molecule has 0 atom stereocenters. The average molecular weight is 370 g/mol. The highest BCUT2D eigenvalue weighted by molar-refractivity contribution is 6.00. The van der Waals surface area contributed by atoms with E-state index in [9.17, 15) is 9.18 Å². The topological polar surface area (TPSA) is 42.0 Å². The average Bonchev–Trinajstić information content (AvgIpc) is 2.71. The Balaban J connectivity index is 1.79. The van der Waals surface area contributed by atoms with Gasteiger partial charge in [0.15, 0.2) is 0 Å². The van der Waals surface area contributed by atoms with E-state index in [4.69, 9.17) is 0 Å². The third-order valence-corrected chi connectivity index (χ3v) is 4.75. The van der Waals surface area contributed by atoms with E-state index < -0.39 is 5.82 Å². The molecule has 0 aliphatic heterocycles. The molecule has 28 heavy (non-hydrogen) atoms. The fourth-order valence-corrected chi connectivity index (χ4v) is 3.44. The Morgan fingerprint density at radius 1 is 0.929 bits per heavy atom. The molecule has 1 heterocycles. The van der Waals surface area contributed by atoms with Crippen LogP contribution in [0.25, 0.3) is 22.0 Å². The minimum atomic E-state index is -0.451. The van der Waals surface area contributed by atoms with Crippen LogP contribution in [0.1, 0.15) is 11.3 Å². The number of hydrogen-bond donors (Lipinski definition) is 1. The number of pyridine rings is 1. The summed E-state index contributed by atoms with van der Waals surface area (Å²) in [6, 6.07) is 24.0. The third-order valence-electron chi connectivity index (χ3n) is 4.75. The Bertz CT molecular complexity index is 1160. The maximum Gasteiger partial charge on any atom is 0.228 e. The summed E-state index contributed by atoms with van der Waals surface area (Å²) in [6.45, 7) is 1.91. The molecule has 4 heteroatoms. The predicted molar refractivity (Wildman–Crippen MR) is 111 cm³/mol. The molecular formula is C24H19FN2O. The predicted octanol–water partition coefficient (Wildman–Crippen LogP) is 5.53. The van der Waals surface area contributed by atoms with Crippen molar-refractivity contribution in [1.29, 1.82) is 0 Å². The number of amides is 1. The number of para-hydroxylation sites is 2. The van der Waals surface area contributed by atoms with Gasteiger partial charge in [-0.1, -0.05) is 60.7 Å². The van der Waals surface area contributed by atoms with E-state index in [0.717, 1.165) is 33.3 Å². The zero-order chi connectivity index (χ0) is 19.5. The molecule has 4 rings (SSSR count). The number of nitrogens with one attached hydrogen (secondary N) is 1. The van der Waals surface area contributed by atoms with Crippen LogP contribution in [0.15, 0.2) is 78.9 Å². The van der Waals surface area contributed by atoms with Gasteiger partial charge in [0, 0.05) is 11.1 Å². The van der Waals surface area contributed by atoms with Crippen molar-refractivity contribution in [3.8, 4) is 11.1 Å².